The predicted molar refractivity (Wildman–Crippen MR) is 87.3 cm³/mol. The average molecular weight is 284 g/mol. The van der Waals surface area contributed by atoms with Crippen molar-refractivity contribution in [3.8, 4) is 0 Å². The van der Waals surface area contributed by atoms with Gasteiger partial charge in [0.25, 0.3) is 0 Å². The van der Waals surface area contributed by atoms with E-state index < -0.39 is 0 Å². The molecule has 0 aromatic heterocycles. The fraction of sp³-hybridized carbons (Fsp3) is 1.00. The molecular formula is C17H36N2O. The van der Waals surface area contributed by atoms with Gasteiger partial charge in [0.05, 0.1) is 6.61 Å². The first-order valence-corrected chi connectivity index (χ1v) is 8.85. The summed E-state index contributed by atoms with van der Waals surface area (Å²) in [5, 5.41) is 3.80. The maximum absolute atomic E-state index is 5.51. The van der Waals surface area contributed by atoms with E-state index in [1.807, 2.05) is 0 Å². The third-order valence-corrected chi connectivity index (χ3v) is 4.51. The summed E-state index contributed by atoms with van der Waals surface area (Å²) < 4.78 is 5.51. The van der Waals surface area contributed by atoms with Crippen molar-refractivity contribution in [1.29, 1.82) is 0 Å². The molecule has 3 heteroatoms. The minimum Gasteiger partial charge on any atom is -0.380 e. The Labute approximate surface area is 126 Å². The molecule has 0 bridgehead atoms. The van der Waals surface area contributed by atoms with Gasteiger partial charge < -0.3 is 15.0 Å². The Bertz CT molecular complexity index is 223. The highest BCUT2D eigenvalue weighted by Gasteiger charge is 2.24. The van der Waals surface area contributed by atoms with Gasteiger partial charge in [-0.1, -0.05) is 33.1 Å². The molecule has 1 fully saturated rings. The quantitative estimate of drug-likeness (QED) is 0.492. The first kappa shape index (κ1) is 17.9. The summed E-state index contributed by atoms with van der Waals surface area (Å²) in [7, 11) is 0. The van der Waals surface area contributed by atoms with Crippen molar-refractivity contribution in [3.05, 3.63) is 0 Å². The molecule has 0 aromatic rings. The van der Waals surface area contributed by atoms with Gasteiger partial charge in [-0.15, -0.1) is 0 Å². The van der Waals surface area contributed by atoms with Crippen LogP contribution >= 0.6 is 0 Å². The maximum atomic E-state index is 5.51. The van der Waals surface area contributed by atoms with Crippen LogP contribution in [0, 0.1) is 5.92 Å². The molecule has 0 heterocycles. The molecule has 1 N–H and O–H groups in total. The standard InChI is InChI=1S/C17H36N2O/c1-4-12-18-17-11-9-7-8-10-16(17)15-19(5-2)13-14-20-6-3/h16-18H,4-15H2,1-3H3. The Morgan fingerprint density at radius 2 is 1.90 bits per heavy atom. The zero-order chi connectivity index (χ0) is 14.6. The Kier molecular flexibility index (Phi) is 10.3. The summed E-state index contributed by atoms with van der Waals surface area (Å²) in [5.41, 5.74) is 0. The number of likely N-dealkylation sites (N-methyl/N-ethyl adjacent to an activating group) is 1. The Morgan fingerprint density at radius 1 is 1.10 bits per heavy atom. The normalized spacial score (nSPS) is 24.0. The van der Waals surface area contributed by atoms with E-state index >= 15 is 0 Å². The molecule has 1 rings (SSSR count). The molecule has 2 atom stereocenters. The lowest BCUT2D eigenvalue weighted by Gasteiger charge is -2.31. The third-order valence-electron chi connectivity index (χ3n) is 4.51. The van der Waals surface area contributed by atoms with Crippen LogP contribution in [0.4, 0.5) is 0 Å². The molecule has 0 radical (unpaired) electrons. The molecule has 120 valence electrons. The molecule has 1 saturated carbocycles. The molecule has 1 aliphatic rings. The topological polar surface area (TPSA) is 24.5 Å². The Morgan fingerprint density at radius 3 is 2.60 bits per heavy atom. The molecule has 3 nitrogen and oxygen atoms in total. The van der Waals surface area contributed by atoms with Gasteiger partial charge in [0.2, 0.25) is 0 Å². The molecule has 2 unspecified atom stereocenters. The summed E-state index contributed by atoms with van der Waals surface area (Å²) in [5.74, 6) is 0.825. The molecule has 0 aliphatic heterocycles. The third kappa shape index (κ3) is 7.05. The molecule has 0 spiro atoms. The van der Waals surface area contributed by atoms with E-state index in [9.17, 15) is 0 Å². The van der Waals surface area contributed by atoms with Gasteiger partial charge in [0.15, 0.2) is 0 Å². The van der Waals surface area contributed by atoms with E-state index in [1.165, 1.54) is 51.6 Å². The number of nitrogens with one attached hydrogen (secondary N) is 1. The lowest BCUT2D eigenvalue weighted by Crippen LogP contribution is -2.43. The van der Waals surface area contributed by atoms with Crippen LogP contribution in [-0.4, -0.2) is 50.3 Å². The Balaban J connectivity index is 2.44. The van der Waals surface area contributed by atoms with E-state index in [0.717, 1.165) is 38.3 Å². The number of hydrogen-bond donors (Lipinski definition) is 1. The van der Waals surface area contributed by atoms with E-state index in [2.05, 4.69) is 31.0 Å². The van der Waals surface area contributed by atoms with E-state index in [4.69, 9.17) is 4.74 Å². The fourth-order valence-electron chi connectivity index (χ4n) is 3.25. The van der Waals surface area contributed by atoms with Gasteiger partial charge in [-0.3, -0.25) is 0 Å². The minimum atomic E-state index is 0.735. The zero-order valence-electron chi connectivity index (χ0n) is 14.0. The van der Waals surface area contributed by atoms with Crippen LogP contribution < -0.4 is 5.32 Å². The van der Waals surface area contributed by atoms with E-state index in [1.54, 1.807) is 0 Å². The largest absolute Gasteiger partial charge is 0.380 e. The fourth-order valence-corrected chi connectivity index (χ4v) is 3.25. The molecular weight excluding hydrogens is 248 g/mol. The summed E-state index contributed by atoms with van der Waals surface area (Å²) in [6, 6.07) is 0.735. The summed E-state index contributed by atoms with van der Waals surface area (Å²) in [6.45, 7) is 13.0. The molecule has 0 amide bonds. The van der Waals surface area contributed by atoms with Crippen molar-refractivity contribution in [2.24, 2.45) is 5.92 Å². The van der Waals surface area contributed by atoms with Gasteiger partial charge >= 0.3 is 0 Å². The Hall–Kier alpha value is -0.120. The van der Waals surface area contributed by atoms with Crippen molar-refractivity contribution >= 4 is 0 Å². The first-order chi connectivity index (χ1) is 9.81. The SMILES string of the molecule is CCCNC1CCCCCC1CN(CC)CCOCC. The lowest BCUT2D eigenvalue weighted by atomic mass is 9.94. The van der Waals surface area contributed by atoms with Crippen LogP contribution in [0.15, 0.2) is 0 Å². The summed E-state index contributed by atoms with van der Waals surface area (Å²) in [6.07, 6.45) is 8.25. The highest BCUT2D eigenvalue weighted by Crippen LogP contribution is 2.24. The van der Waals surface area contributed by atoms with Gasteiger partial charge in [0, 0.05) is 25.7 Å². The highest BCUT2D eigenvalue weighted by atomic mass is 16.5. The second-order valence-corrected chi connectivity index (χ2v) is 6.05. The van der Waals surface area contributed by atoms with Gasteiger partial charge in [-0.25, -0.2) is 0 Å². The van der Waals surface area contributed by atoms with Gasteiger partial charge in [-0.05, 0) is 45.2 Å². The van der Waals surface area contributed by atoms with E-state index in [-0.39, 0.29) is 0 Å². The monoisotopic (exact) mass is 284 g/mol. The van der Waals surface area contributed by atoms with Gasteiger partial charge in [0.1, 0.15) is 0 Å². The van der Waals surface area contributed by atoms with Crippen LogP contribution in [0.25, 0.3) is 0 Å². The minimum absolute atomic E-state index is 0.735. The first-order valence-electron chi connectivity index (χ1n) is 8.85. The van der Waals surface area contributed by atoms with E-state index in [0.29, 0.717) is 0 Å². The lowest BCUT2D eigenvalue weighted by molar-refractivity contribution is 0.103. The van der Waals surface area contributed by atoms with Crippen LogP contribution in [0.5, 0.6) is 0 Å². The second kappa shape index (κ2) is 11.5. The molecule has 1 aliphatic carbocycles. The van der Waals surface area contributed by atoms with Crippen LogP contribution in [0.3, 0.4) is 0 Å². The van der Waals surface area contributed by atoms with Crippen molar-refractivity contribution in [1.82, 2.24) is 10.2 Å². The summed E-state index contributed by atoms with van der Waals surface area (Å²) >= 11 is 0. The predicted octanol–water partition coefficient (Wildman–Crippen LogP) is 3.29. The second-order valence-electron chi connectivity index (χ2n) is 6.05. The molecule has 20 heavy (non-hydrogen) atoms. The van der Waals surface area contributed by atoms with Crippen LogP contribution in [0.1, 0.15) is 59.3 Å². The molecule has 0 aromatic carbocycles. The van der Waals surface area contributed by atoms with Gasteiger partial charge in [-0.2, -0.15) is 0 Å². The van der Waals surface area contributed by atoms with Crippen molar-refractivity contribution in [2.45, 2.75) is 65.3 Å². The number of hydrogen-bond acceptors (Lipinski definition) is 3. The van der Waals surface area contributed by atoms with Crippen LogP contribution in [-0.2, 0) is 4.74 Å². The maximum Gasteiger partial charge on any atom is 0.0593 e. The smallest absolute Gasteiger partial charge is 0.0593 e. The number of rotatable bonds is 10. The highest BCUT2D eigenvalue weighted by molar-refractivity contribution is 4.81. The van der Waals surface area contributed by atoms with Crippen molar-refractivity contribution in [3.63, 3.8) is 0 Å². The van der Waals surface area contributed by atoms with Crippen molar-refractivity contribution in [2.75, 3.05) is 39.4 Å². The van der Waals surface area contributed by atoms with Crippen molar-refractivity contribution < 1.29 is 4.74 Å². The molecule has 0 saturated heterocycles. The summed E-state index contributed by atoms with van der Waals surface area (Å²) in [4.78, 5) is 2.58. The number of nitrogens with zero attached hydrogens (tertiary/aromatic N) is 1. The zero-order valence-corrected chi connectivity index (χ0v) is 14.0. The number of ether oxygens (including phenoxy) is 1. The van der Waals surface area contributed by atoms with Crippen LogP contribution in [0.2, 0.25) is 0 Å². The average Bonchev–Trinajstić information content (AvgIpc) is 2.69.